The zero-order valence-corrected chi connectivity index (χ0v) is 11.3. The molecule has 0 aliphatic carbocycles. The molecule has 0 saturated carbocycles. The molecule has 2 rings (SSSR count). The number of carbonyl (C=O) groups is 1. The van der Waals surface area contributed by atoms with Crippen LogP contribution in [0.5, 0.6) is 0 Å². The first-order chi connectivity index (χ1) is 9.69. The van der Waals surface area contributed by atoms with Crippen molar-refractivity contribution in [3.63, 3.8) is 0 Å². The Morgan fingerprint density at radius 2 is 2.20 bits per heavy atom. The van der Waals surface area contributed by atoms with Crippen LogP contribution in [-0.2, 0) is 13.1 Å². The SMILES string of the molecule is CCN(Cc1cccc(F)c1)C(=O)NCc1ccco1. The Balaban J connectivity index is 1.92. The van der Waals surface area contributed by atoms with E-state index in [2.05, 4.69) is 5.32 Å². The molecule has 20 heavy (non-hydrogen) atoms. The van der Waals surface area contributed by atoms with Crippen molar-refractivity contribution in [2.24, 2.45) is 0 Å². The lowest BCUT2D eigenvalue weighted by molar-refractivity contribution is 0.196. The molecule has 2 aromatic rings. The summed E-state index contributed by atoms with van der Waals surface area (Å²) in [6.07, 6.45) is 1.56. The van der Waals surface area contributed by atoms with Gasteiger partial charge in [0.2, 0.25) is 0 Å². The van der Waals surface area contributed by atoms with Crippen LogP contribution in [-0.4, -0.2) is 17.5 Å². The summed E-state index contributed by atoms with van der Waals surface area (Å²) in [5.74, 6) is 0.398. The highest BCUT2D eigenvalue weighted by Gasteiger charge is 2.12. The maximum absolute atomic E-state index is 13.1. The number of hydrogen-bond acceptors (Lipinski definition) is 2. The van der Waals surface area contributed by atoms with E-state index < -0.39 is 0 Å². The number of furan rings is 1. The summed E-state index contributed by atoms with van der Waals surface area (Å²) in [7, 11) is 0. The predicted molar refractivity (Wildman–Crippen MR) is 73.4 cm³/mol. The summed E-state index contributed by atoms with van der Waals surface area (Å²) in [5, 5.41) is 2.77. The molecule has 0 saturated heterocycles. The van der Waals surface area contributed by atoms with Crippen LogP contribution >= 0.6 is 0 Å². The van der Waals surface area contributed by atoms with Crippen LogP contribution in [0.25, 0.3) is 0 Å². The largest absolute Gasteiger partial charge is 0.467 e. The number of hydrogen-bond donors (Lipinski definition) is 1. The van der Waals surface area contributed by atoms with Crippen molar-refractivity contribution in [2.45, 2.75) is 20.0 Å². The van der Waals surface area contributed by atoms with Gasteiger partial charge in [0.05, 0.1) is 12.8 Å². The van der Waals surface area contributed by atoms with E-state index in [1.54, 1.807) is 35.4 Å². The third kappa shape index (κ3) is 3.85. The molecule has 0 atom stereocenters. The molecule has 0 unspecified atom stereocenters. The monoisotopic (exact) mass is 276 g/mol. The van der Waals surface area contributed by atoms with Crippen molar-refractivity contribution in [2.75, 3.05) is 6.54 Å². The van der Waals surface area contributed by atoms with Gasteiger partial charge in [-0.15, -0.1) is 0 Å². The lowest BCUT2D eigenvalue weighted by Gasteiger charge is -2.21. The summed E-state index contributed by atoms with van der Waals surface area (Å²) in [6, 6.07) is 9.62. The first kappa shape index (κ1) is 14.1. The Bertz CT molecular complexity index is 555. The third-order valence-electron chi connectivity index (χ3n) is 2.93. The summed E-state index contributed by atoms with van der Waals surface area (Å²) >= 11 is 0. The molecule has 0 aliphatic rings. The minimum atomic E-state index is -0.297. The molecule has 2 amide bonds. The molecule has 0 radical (unpaired) electrons. The number of benzene rings is 1. The van der Waals surface area contributed by atoms with Gasteiger partial charge in [0.1, 0.15) is 11.6 Å². The molecule has 1 heterocycles. The third-order valence-corrected chi connectivity index (χ3v) is 2.93. The molecule has 5 heteroatoms. The van der Waals surface area contributed by atoms with Gasteiger partial charge in [0.25, 0.3) is 0 Å². The number of rotatable bonds is 5. The van der Waals surface area contributed by atoms with E-state index in [1.807, 2.05) is 6.92 Å². The average molecular weight is 276 g/mol. The van der Waals surface area contributed by atoms with Crippen LogP contribution in [0.1, 0.15) is 18.2 Å². The molecule has 0 spiro atoms. The van der Waals surface area contributed by atoms with Crippen molar-refractivity contribution < 1.29 is 13.6 Å². The Kier molecular flexibility index (Phi) is 4.76. The fraction of sp³-hybridized carbons (Fsp3) is 0.267. The Morgan fingerprint density at radius 3 is 2.85 bits per heavy atom. The molecular weight excluding hydrogens is 259 g/mol. The summed E-state index contributed by atoms with van der Waals surface area (Å²) < 4.78 is 18.3. The van der Waals surface area contributed by atoms with Crippen LogP contribution in [0.4, 0.5) is 9.18 Å². The van der Waals surface area contributed by atoms with Crippen molar-refractivity contribution in [1.29, 1.82) is 0 Å². The molecule has 0 bridgehead atoms. The van der Waals surface area contributed by atoms with Gasteiger partial charge in [0.15, 0.2) is 0 Å². The van der Waals surface area contributed by atoms with Crippen LogP contribution in [0, 0.1) is 5.82 Å². The number of nitrogens with one attached hydrogen (secondary N) is 1. The predicted octanol–water partition coefficient (Wildman–Crippen LogP) is 3.15. The Labute approximate surface area is 117 Å². The first-order valence-corrected chi connectivity index (χ1v) is 6.48. The maximum atomic E-state index is 13.1. The van der Waals surface area contributed by atoms with Gasteiger partial charge in [-0.2, -0.15) is 0 Å². The molecule has 0 aliphatic heterocycles. The van der Waals surface area contributed by atoms with Crippen LogP contribution < -0.4 is 5.32 Å². The van der Waals surface area contributed by atoms with E-state index in [9.17, 15) is 9.18 Å². The van der Waals surface area contributed by atoms with Crippen molar-refractivity contribution in [1.82, 2.24) is 10.2 Å². The van der Waals surface area contributed by atoms with Gasteiger partial charge in [0, 0.05) is 13.1 Å². The van der Waals surface area contributed by atoms with E-state index in [4.69, 9.17) is 4.42 Å². The topological polar surface area (TPSA) is 45.5 Å². The quantitative estimate of drug-likeness (QED) is 0.911. The van der Waals surface area contributed by atoms with Crippen molar-refractivity contribution in [3.05, 3.63) is 59.8 Å². The van der Waals surface area contributed by atoms with Crippen molar-refractivity contribution >= 4 is 6.03 Å². The van der Waals surface area contributed by atoms with E-state index in [0.717, 1.165) is 5.56 Å². The van der Waals surface area contributed by atoms with Gasteiger partial charge in [-0.25, -0.2) is 9.18 Å². The fourth-order valence-corrected chi connectivity index (χ4v) is 1.87. The van der Waals surface area contributed by atoms with E-state index in [0.29, 0.717) is 25.4 Å². The average Bonchev–Trinajstić information content (AvgIpc) is 2.95. The summed E-state index contributed by atoms with van der Waals surface area (Å²) in [5.41, 5.74) is 0.764. The number of carbonyl (C=O) groups excluding carboxylic acids is 1. The zero-order valence-electron chi connectivity index (χ0n) is 11.3. The summed E-state index contributed by atoms with van der Waals surface area (Å²) in [4.78, 5) is 13.6. The molecule has 106 valence electrons. The van der Waals surface area contributed by atoms with Crippen LogP contribution in [0.2, 0.25) is 0 Å². The van der Waals surface area contributed by atoms with Gasteiger partial charge >= 0.3 is 6.03 Å². The van der Waals surface area contributed by atoms with Gasteiger partial charge < -0.3 is 14.6 Å². The number of amides is 2. The molecule has 0 fully saturated rings. The normalized spacial score (nSPS) is 10.3. The minimum absolute atomic E-state index is 0.201. The van der Waals surface area contributed by atoms with Gasteiger partial charge in [-0.3, -0.25) is 0 Å². The lowest BCUT2D eigenvalue weighted by atomic mass is 10.2. The molecule has 1 N–H and O–H groups in total. The smallest absolute Gasteiger partial charge is 0.318 e. The van der Waals surface area contributed by atoms with E-state index >= 15 is 0 Å². The number of nitrogens with zero attached hydrogens (tertiary/aromatic N) is 1. The van der Waals surface area contributed by atoms with Gasteiger partial charge in [-0.05, 0) is 36.8 Å². The fourth-order valence-electron chi connectivity index (χ4n) is 1.87. The van der Waals surface area contributed by atoms with Crippen LogP contribution in [0.3, 0.4) is 0 Å². The molecule has 1 aromatic heterocycles. The lowest BCUT2D eigenvalue weighted by Crippen LogP contribution is -2.38. The second kappa shape index (κ2) is 6.75. The second-order valence-corrected chi connectivity index (χ2v) is 4.38. The van der Waals surface area contributed by atoms with Crippen molar-refractivity contribution in [3.8, 4) is 0 Å². The van der Waals surface area contributed by atoms with E-state index in [1.165, 1.54) is 12.1 Å². The highest BCUT2D eigenvalue weighted by atomic mass is 19.1. The molecule has 1 aromatic carbocycles. The highest BCUT2D eigenvalue weighted by molar-refractivity contribution is 5.74. The Hall–Kier alpha value is -2.30. The molecular formula is C15H17FN2O2. The number of halogens is 1. The maximum Gasteiger partial charge on any atom is 0.318 e. The Morgan fingerprint density at radius 1 is 1.35 bits per heavy atom. The van der Waals surface area contributed by atoms with Crippen LogP contribution in [0.15, 0.2) is 47.1 Å². The first-order valence-electron chi connectivity index (χ1n) is 6.48. The zero-order chi connectivity index (χ0) is 14.4. The number of urea groups is 1. The van der Waals surface area contributed by atoms with Gasteiger partial charge in [-0.1, -0.05) is 12.1 Å². The van der Waals surface area contributed by atoms with E-state index in [-0.39, 0.29) is 11.8 Å². The summed E-state index contributed by atoms with van der Waals surface area (Å²) in [6.45, 7) is 3.13. The molecule has 4 nitrogen and oxygen atoms in total. The highest BCUT2D eigenvalue weighted by Crippen LogP contribution is 2.08. The minimum Gasteiger partial charge on any atom is -0.467 e. The second-order valence-electron chi connectivity index (χ2n) is 4.38. The standard InChI is InChI=1S/C15H17FN2O2/c1-2-18(11-12-5-3-6-13(16)9-12)15(19)17-10-14-7-4-8-20-14/h3-9H,2,10-11H2,1H3,(H,17,19).